The lowest BCUT2D eigenvalue weighted by Crippen LogP contribution is -2.12. The molecule has 0 bridgehead atoms. The molecule has 0 saturated carbocycles. The van der Waals surface area contributed by atoms with Crippen molar-refractivity contribution in [2.24, 2.45) is 0 Å². The van der Waals surface area contributed by atoms with Crippen molar-refractivity contribution in [2.75, 3.05) is 5.32 Å². The zero-order chi connectivity index (χ0) is 14.5. The van der Waals surface area contributed by atoms with Crippen LogP contribution >= 0.6 is 11.6 Å². The number of benzene rings is 2. The molecule has 2 N–H and O–H groups in total. The predicted molar refractivity (Wildman–Crippen MR) is 77.2 cm³/mol. The minimum absolute atomic E-state index is 0.0825. The van der Waals surface area contributed by atoms with Crippen molar-refractivity contribution in [2.45, 2.75) is 6.42 Å². The Hall–Kier alpha value is -2.33. The van der Waals surface area contributed by atoms with Gasteiger partial charge in [0.05, 0.1) is 6.42 Å². The molecule has 5 heteroatoms. The molecule has 0 spiro atoms. The molecule has 0 atom stereocenters. The summed E-state index contributed by atoms with van der Waals surface area (Å²) in [5.74, 6) is -1.21. The fraction of sp³-hybridized carbons (Fsp3) is 0.0667. The summed E-state index contributed by atoms with van der Waals surface area (Å²) in [4.78, 5) is 22.7. The number of carboxylic acids is 1. The van der Waals surface area contributed by atoms with Crippen molar-refractivity contribution in [1.82, 2.24) is 0 Å². The zero-order valence-electron chi connectivity index (χ0n) is 10.5. The van der Waals surface area contributed by atoms with Crippen LogP contribution in [0.25, 0.3) is 0 Å². The summed E-state index contributed by atoms with van der Waals surface area (Å²) in [5, 5.41) is 11.9. The Labute approximate surface area is 121 Å². The lowest BCUT2D eigenvalue weighted by atomic mass is 10.1. The van der Waals surface area contributed by atoms with E-state index in [0.29, 0.717) is 21.8 Å². The molecule has 0 aliphatic rings. The van der Waals surface area contributed by atoms with Crippen LogP contribution in [0.5, 0.6) is 0 Å². The molecule has 0 aliphatic carbocycles. The zero-order valence-corrected chi connectivity index (χ0v) is 11.2. The third kappa shape index (κ3) is 3.83. The van der Waals surface area contributed by atoms with Crippen molar-refractivity contribution >= 4 is 29.2 Å². The molecule has 0 saturated heterocycles. The highest BCUT2D eigenvalue weighted by atomic mass is 35.5. The van der Waals surface area contributed by atoms with Gasteiger partial charge in [0.15, 0.2) is 0 Å². The third-order valence-corrected chi connectivity index (χ3v) is 2.86. The molecule has 2 aromatic rings. The first-order chi connectivity index (χ1) is 9.54. The molecule has 20 heavy (non-hydrogen) atoms. The van der Waals surface area contributed by atoms with Crippen molar-refractivity contribution in [3.63, 3.8) is 0 Å². The van der Waals surface area contributed by atoms with Gasteiger partial charge in [-0.2, -0.15) is 0 Å². The van der Waals surface area contributed by atoms with Crippen LogP contribution in [-0.2, 0) is 11.2 Å². The van der Waals surface area contributed by atoms with Gasteiger partial charge in [0, 0.05) is 16.3 Å². The van der Waals surface area contributed by atoms with Gasteiger partial charge in [-0.15, -0.1) is 0 Å². The summed E-state index contributed by atoms with van der Waals surface area (Å²) in [5.41, 5.74) is 1.62. The fourth-order valence-electron chi connectivity index (χ4n) is 1.77. The molecule has 0 aliphatic heterocycles. The van der Waals surface area contributed by atoms with Crippen LogP contribution in [-0.4, -0.2) is 17.0 Å². The van der Waals surface area contributed by atoms with Gasteiger partial charge >= 0.3 is 5.97 Å². The molecular weight excluding hydrogens is 278 g/mol. The van der Waals surface area contributed by atoms with Gasteiger partial charge in [0.25, 0.3) is 5.91 Å². The van der Waals surface area contributed by atoms with Crippen LogP contribution in [0.1, 0.15) is 15.9 Å². The van der Waals surface area contributed by atoms with E-state index in [2.05, 4.69) is 5.32 Å². The second-order valence-electron chi connectivity index (χ2n) is 4.24. The van der Waals surface area contributed by atoms with Gasteiger partial charge in [0.1, 0.15) is 0 Å². The Morgan fingerprint density at radius 2 is 1.85 bits per heavy atom. The van der Waals surface area contributed by atoms with Crippen molar-refractivity contribution in [3.05, 3.63) is 64.7 Å². The maximum absolute atomic E-state index is 12.0. The Balaban J connectivity index is 2.13. The number of nitrogens with one attached hydrogen (secondary N) is 1. The maximum Gasteiger partial charge on any atom is 0.307 e. The van der Waals surface area contributed by atoms with E-state index in [1.165, 1.54) is 0 Å². The molecule has 0 aromatic heterocycles. The van der Waals surface area contributed by atoms with E-state index in [1.807, 2.05) is 0 Å². The van der Waals surface area contributed by atoms with E-state index < -0.39 is 5.97 Å². The average molecular weight is 290 g/mol. The highest BCUT2D eigenvalue weighted by Gasteiger charge is 2.07. The predicted octanol–water partition coefficient (Wildman–Crippen LogP) is 3.22. The number of rotatable bonds is 4. The third-order valence-electron chi connectivity index (χ3n) is 2.63. The Bertz CT molecular complexity index is 655. The van der Waals surface area contributed by atoms with E-state index in [0.717, 1.165) is 0 Å². The monoisotopic (exact) mass is 289 g/mol. The summed E-state index contributed by atoms with van der Waals surface area (Å²) < 4.78 is 0. The summed E-state index contributed by atoms with van der Waals surface area (Å²) in [7, 11) is 0. The van der Waals surface area contributed by atoms with E-state index in [-0.39, 0.29) is 12.3 Å². The number of hydrogen-bond donors (Lipinski definition) is 2. The maximum atomic E-state index is 12.0. The molecular formula is C15H12ClNO3. The van der Waals surface area contributed by atoms with E-state index >= 15 is 0 Å². The fourth-order valence-corrected chi connectivity index (χ4v) is 1.96. The van der Waals surface area contributed by atoms with E-state index in [9.17, 15) is 9.59 Å². The molecule has 4 nitrogen and oxygen atoms in total. The van der Waals surface area contributed by atoms with Crippen LogP contribution < -0.4 is 5.32 Å². The van der Waals surface area contributed by atoms with Crippen molar-refractivity contribution in [3.8, 4) is 0 Å². The van der Waals surface area contributed by atoms with E-state index in [4.69, 9.17) is 16.7 Å². The number of carbonyl (C=O) groups is 2. The molecule has 0 fully saturated rings. The summed E-state index contributed by atoms with van der Waals surface area (Å²) in [6, 6.07) is 13.3. The second-order valence-corrected chi connectivity index (χ2v) is 4.67. The number of carbonyl (C=O) groups excluding carboxylic acids is 1. The molecule has 1 amide bonds. The number of amides is 1. The number of carboxylic acid groups (broad SMARTS) is 1. The SMILES string of the molecule is O=C(O)Cc1cccc(NC(=O)c2cccc(Cl)c2)c1. The number of halogens is 1. The van der Waals surface area contributed by atoms with Crippen molar-refractivity contribution in [1.29, 1.82) is 0 Å². The number of aliphatic carboxylic acids is 1. The van der Waals surface area contributed by atoms with Crippen LogP contribution in [0.3, 0.4) is 0 Å². The molecule has 2 aromatic carbocycles. The first-order valence-corrected chi connectivity index (χ1v) is 6.30. The highest BCUT2D eigenvalue weighted by Crippen LogP contribution is 2.15. The van der Waals surface area contributed by atoms with Crippen molar-refractivity contribution < 1.29 is 14.7 Å². The minimum Gasteiger partial charge on any atom is -0.481 e. The molecule has 102 valence electrons. The quantitative estimate of drug-likeness (QED) is 0.908. The standard InChI is InChI=1S/C15H12ClNO3/c16-12-5-2-4-11(9-12)15(20)17-13-6-1-3-10(7-13)8-14(18)19/h1-7,9H,8H2,(H,17,20)(H,18,19). The lowest BCUT2D eigenvalue weighted by Gasteiger charge is -2.07. The van der Waals surface area contributed by atoms with Gasteiger partial charge in [-0.25, -0.2) is 0 Å². The molecule has 2 rings (SSSR count). The van der Waals surface area contributed by atoms with Gasteiger partial charge in [-0.1, -0.05) is 29.8 Å². The largest absolute Gasteiger partial charge is 0.481 e. The average Bonchev–Trinajstić information content (AvgIpc) is 2.38. The van der Waals surface area contributed by atoms with Gasteiger partial charge in [-0.05, 0) is 35.9 Å². The summed E-state index contributed by atoms with van der Waals surface area (Å²) in [6.45, 7) is 0. The lowest BCUT2D eigenvalue weighted by molar-refractivity contribution is -0.136. The topological polar surface area (TPSA) is 66.4 Å². The van der Waals surface area contributed by atoms with Gasteiger partial charge < -0.3 is 10.4 Å². The first kappa shape index (κ1) is 14.1. The Morgan fingerprint density at radius 1 is 1.10 bits per heavy atom. The number of hydrogen-bond acceptors (Lipinski definition) is 2. The minimum atomic E-state index is -0.914. The Morgan fingerprint density at radius 3 is 2.55 bits per heavy atom. The first-order valence-electron chi connectivity index (χ1n) is 5.92. The molecule has 0 unspecified atom stereocenters. The summed E-state index contributed by atoms with van der Waals surface area (Å²) >= 11 is 5.83. The second kappa shape index (κ2) is 6.21. The van der Waals surface area contributed by atoms with Crippen LogP contribution in [0.2, 0.25) is 5.02 Å². The smallest absolute Gasteiger partial charge is 0.307 e. The van der Waals surface area contributed by atoms with E-state index in [1.54, 1.807) is 48.5 Å². The summed E-state index contributed by atoms with van der Waals surface area (Å²) in [6.07, 6.45) is -0.0825. The molecule has 0 heterocycles. The van der Waals surface area contributed by atoms with Gasteiger partial charge in [-0.3, -0.25) is 9.59 Å². The van der Waals surface area contributed by atoms with Gasteiger partial charge in [0.2, 0.25) is 0 Å². The number of anilines is 1. The Kier molecular flexibility index (Phi) is 4.38. The van der Waals surface area contributed by atoms with Crippen LogP contribution in [0.15, 0.2) is 48.5 Å². The normalized spacial score (nSPS) is 10.1. The molecule has 0 radical (unpaired) electrons. The van der Waals surface area contributed by atoms with Crippen LogP contribution in [0, 0.1) is 0 Å². The highest BCUT2D eigenvalue weighted by molar-refractivity contribution is 6.31. The van der Waals surface area contributed by atoms with Crippen LogP contribution in [0.4, 0.5) is 5.69 Å².